The number of ether oxygens (including phenoxy) is 1. The molecule has 2 saturated heterocycles. The molecule has 2 aliphatic rings. The predicted octanol–water partition coefficient (Wildman–Crippen LogP) is 3.45. The van der Waals surface area contributed by atoms with Crippen molar-refractivity contribution >= 4 is 22.7 Å². The Kier molecular flexibility index (Phi) is 6.56. The minimum absolute atomic E-state index is 0.0628. The second-order valence-corrected chi connectivity index (χ2v) is 9.60. The second-order valence-electron chi connectivity index (χ2n) is 9.60. The topological polar surface area (TPSA) is 78.7 Å². The zero-order valence-corrected chi connectivity index (χ0v) is 20.3. The van der Waals surface area contributed by atoms with Gasteiger partial charge >= 0.3 is 0 Å². The smallest absolute Gasteiger partial charge is 0.229 e. The van der Waals surface area contributed by atoms with Crippen LogP contribution in [0.25, 0.3) is 16.7 Å². The number of aromatic nitrogens is 3. The summed E-state index contributed by atoms with van der Waals surface area (Å²) in [6, 6.07) is 12.5. The summed E-state index contributed by atoms with van der Waals surface area (Å²) in [5, 5.41) is 13.4. The first-order valence-electron chi connectivity index (χ1n) is 12.4. The van der Waals surface area contributed by atoms with Gasteiger partial charge in [-0.05, 0) is 35.9 Å². The van der Waals surface area contributed by atoms with Gasteiger partial charge in [-0.15, -0.1) is 0 Å². The van der Waals surface area contributed by atoms with Crippen LogP contribution < -0.4 is 5.32 Å². The Labute approximate surface area is 213 Å². The molecule has 4 aromatic rings. The Balaban J connectivity index is 1.20. The van der Waals surface area contributed by atoms with E-state index in [0.29, 0.717) is 56.7 Å². The largest absolute Gasteiger partial charge is 0.390 e. The highest BCUT2D eigenvalue weighted by Gasteiger charge is 2.24. The van der Waals surface area contributed by atoms with Crippen molar-refractivity contribution in [2.75, 3.05) is 44.7 Å². The molecule has 2 N–H and O–H groups in total. The molecule has 2 aromatic heterocycles. The van der Waals surface area contributed by atoms with Crippen molar-refractivity contribution < 1.29 is 18.6 Å². The second kappa shape index (κ2) is 10.1. The quantitative estimate of drug-likeness (QED) is 0.398. The molecule has 37 heavy (non-hydrogen) atoms. The number of likely N-dealkylation sites (tertiary alicyclic amines) is 1. The van der Waals surface area contributed by atoms with E-state index in [0.717, 1.165) is 23.2 Å². The van der Waals surface area contributed by atoms with Crippen molar-refractivity contribution in [3.05, 3.63) is 77.6 Å². The highest BCUT2D eigenvalue weighted by Crippen LogP contribution is 2.25. The number of aliphatic hydroxyl groups is 1. The molecule has 2 aliphatic heterocycles. The fourth-order valence-electron chi connectivity index (χ4n) is 4.80. The Morgan fingerprint density at radius 2 is 1.70 bits per heavy atom. The number of fused-ring (bicyclic) bond motifs is 1. The van der Waals surface area contributed by atoms with Gasteiger partial charge in [0.2, 0.25) is 5.95 Å². The van der Waals surface area contributed by atoms with Crippen LogP contribution >= 0.6 is 0 Å². The lowest BCUT2D eigenvalue weighted by Gasteiger charge is -2.35. The molecule has 6 rings (SSSR count). The molecule has 0 amide bonds. The van der Waals surface area contributed by atoms with Crippen LogP contribution in [0.4, 0.5) is 20.4 Å². The maximum atomic E-state index is 15.0. The summed E-state index contributed by atoms with van der Waals surface area (Å²) in [6.45, 7) is 4.87. The van der Waals surface area contributed by atoms with Gasteiger partial charge in [-0.3, -0.25) is 9.80 Å². The van der Waals surface area contributed by atoms with Gasteiger partial charge in [-0.25, -0.2) is 13.8 Å². The standard InChI is InChI=1S/C27H28F2N6O2/c28-24-11-21(12-25(29)23(24)17-33-7-9-37-10-8-33)35-6-5-19-13-30-27(32-26(19)35)31-20-3-1-18(2-4-20)14-34-15-22(36)16-34/h1-6,11-13,22,36H,7-10,14-17H2,(H,30,31,32). The fourth-order valence-corrected chi connectivity index (χ4v) is 4.80. The van der Waals surface area contributed by atoms with Crippen LogP contribution in [0, 0.1) is 11.6 Å². The number of nitrogens with one attached hydrogen (secondary N) is 1. The number of hydrogen-bond donors (Lipinski definition) is 2. The third kappa shape index (κ3) is 5.19. The van der Waals surface area contributed by atoms with E-state index in [-0.39, 0.29) is 18.2 Å². The summed E-state index contributed by atoms with van der Waals surface area (Å²) < 4.78 is 37.0. The Hall–Kier alpha value is -3.44. The van der Waals surface area contributed by atoms with Gasteiger partial charge in [-0.2, -0.15) is 4.98 Å². The number of halogens is 2. The number of β-amino-alcohol motifs (C(OH)–C–C–N with tert-alkyl or cyclic N) is 1. The molecule has 0 spiro atoms. The molecule has 0 aliphatic carbocycles. The van der Waals surface area contributed by atoms with E-state index in [4.69, 9.17) is 4.74 Å². The minimum atomic E-state index is -0.580. The minimum Gasteiger partial charge on any atom is -0.390 e. The molecule has 10 heteroatoms. The summed E-state index contributed by atoms with van der Waals surface area (Å²) in [4.78, 5) is 13.2. The molecule has 4 heterocycles. The van der Waals surface area contributed by atoms with Crippen molar-refractivity contribution in [3.63, 3.8) is 0 Å². The summed E-state index contributed by atoms with van der Waals surface area (Å²) in [5.74, 6) is -0.775. The highest BCUT2D eigenvalue weighted by molar-refractivity contribution is 5.78. The van der Waals surface area contributed by atoms with E-state index in [9.17, 15) is 5.11 Å². The van der Waals surface area contributed by atoms with E-state index in [1.54, 1.807) is 17.0 Å². The van der Waals surface area contributed by atoms with Gasteiger partial charge in [0.15, 0.2) is 0 Å². The molecule has 0 atom stereocenters. The van der Waals surface area contributed by atoms with Gasteiger partial charge in [0.1, 0.15) is 17.3 Å². The van der Waals surface area contributed by atoms with Crippen LogP contribution in [0.1, 0.15) is 11.1 Å². The van der Waals surface area contributed by atoms with Crippen molar-refractivity contribution in [1.82, 2.24) is 24.3 Å². The third-order valence-corrected chi connectivity index (χ3v) is 6.87. The fraction of sp³-hybridized carbons (Fsp3) is 0.333. The number of benzene rings is 2. The molecule has 192 valence electrons. The molecular weight excluding hydrogens is 478 g/mol. The summed E-state index contributed by atoms with van der Waals surface area (Å²) in [7, 11) is 0. The average molecular weight is 507 g/mol. The molecule has 0 saturated carbocycles. The Morgan fingerprint density at radius 3 is 2.41 bits per heavy atom. The molecule has 8 nitrogen and oxygen atoms in total. The monoisotopic (exact) mass is 506 g/mol. The maximum absolute atomic E-state index is 15.0. The number of anilines is 2. The number of aliphatic hydroxyl groups excluding tert-OH is 1. The zero-order valence-electron chi connectivity index (χ0n) is 20.3. The third-order valence-electron chi connectivity index (χ3n) is 6.87. The first-order chi connectivity index (χ1) is 18.0. The SMILES string of the molecule is OC1CN(Cc2ccc(Nc3ncc4ccn(-c5cc(F)c(CN6CCOCC6)c(F)c5)c4n3)cc2)C1. The normalized spacial score (nSPS) is 17.3. The summed E-state index contributed by atoms with van der Waals surface area (Å²) in [5.41, 5.74) is 2.96. The number of nitrogens with zero attached hydrogens (tertiary/aromatic N) is 5. The first kappa shape index (κ1) is 23.9. The lowest BCUT2D eigenvalue weighted by Crippen LogP contribution is -2.49. The van der Waals surface area contributed by atoms with E-state index in [1.807, 2.05) is 35.2 Å². The van der Waals surface area contributed by atoms with E-state index in [2.05, 4.69) is 20.2 Å². The molecule has 0 bridgehead atoms. The molecule has 2 fully saturated rings. The van der Waals surface area contributed by atoms with Crippen LogP contribution in [0.3, 0.4) is 0 Å². The molecule has 0 unspecified atom stereocenters. The number of hydrogen-bond acceptors (Lipinski definition) is 7. The zero-order chi connectivity index (χ0) is 25.4. The lowest BCUT2D eigenvalue weighted by molar-refractivity contribution is -0.00286. The summed E-state index contributed by atoms with van der Waals surface area (Å²) >= 11 is 0. The van der Waals surface area contributed by atoms with E-state index >= 15 is 8.78 Å². The lowest BCUT2D eigenvalue weighted by atomic mass is 10.1. The van der Waals surface area contributed by atoms with Crippen LogP contribution in [0.2, 0.25) is 0 Å². The van der Waals surface area contributed by atoms with Crippen LogP contribution in [-0.4, -0.2) is 74.9 Å². The highest BCUT2D eigenvalue weighted by atomic mass is 19.1. The van der Waals surface area contributed by atoms with Crippen LogP contribution in [-0.2, 0) is 17.8 Å². The van der Waals surface area contributed by atoms with E-state index < -0.39 is 11.6 Å². The first-order valence-corrected chi connectivity index (χ1v) is 12.4. The Bertz CT molecular complexity index is 1380. The summed E-state index contributed by atoms with van der Waals surface area (Å²) in [6.07, 6.45) is 3.21. The predicted molar refractivity (Wildman–Crippen MR) is 136 cm³/mol. The Morgan fingerprint density at radius 1 is 0.973 bits per heavy atom. The number of morpholine rings is 1. The number of rotatable bonds is 7. The van der Waals surface area contributed by atoms with Crippen LogP contribution in [0.15, 0.2) is 54.9 Å². The van der Waals surface area contributed by atoms with Gasteiger partial charge in [-0.1, -0.05) is 12.1 Å². The molecule has 0 radical (unpaired) electrons. The van der Waals surface area contributed by atoms with Crippen molar-refractivity contribution in [2.24, 2.45) is 0 Å². The van der Waals surface area contributed by atoms with E-state index in [1.165, 1.54) is 12.1 Å². The van der Waals surface area contributed by atoms with Gasteiger partial charge in [0.25, 0.3) is 0 Å². The average Bonchev–Trinajstić information content (AvgIpc) is 3.30. The van der Waals surface area contributed by atoms with Gasteiger partial charge < -0.3 is 19.7 Å². The maximum Gasteiger partial charge on any atom is 0.229 e. The van der Waals surface area contributed by atoms with Gasteiger partial charge in [0.05, 0.1) is 25.0 Å². The molecule has 2 aromatic carbocycles. The van der Waals surface area contributed by atoms with Gasteiger partial charge in [0, 0.05) is 68.3 Å². The van der Waals surface area contributed by atoms with Crippen molar-refractivity contribution in [2.45, 2.75) is 19.2 Å². The van der Waals surface area contributed by atoms with Crippen molar-refractivity contribution in [3.8, 4) is 5.69 Å². The molecular formula is C27H28F2N6O2. The van der Waals surface area contributed by atoms with Crippen LogP contribution in [0.5, 0.6) is 0 Å². The van der Waals surface area contributed by atoms with Crippen molar-refractivity contribution in [1.29, 1.82) is 0 Å².